The number of halogens is 1. The third-order valence-corrected chi connectivity index (χ3v) is 2.51. The van der Waals surface area contributed by atoms with Gasteiger partial charge in [0.25, 0.3) is 5.91 Å². The van der Waals surface area contributed by atoms with Gasteiger partial charge < -0.3 is 11.1 Å². The standard InChI is InChI=1S/C12H13FN4O/c1-15-5-8-2-3-11(10(13)4-8)17-7-9(6-16-17)12(14)18/h2-4,6-7,15H,5H2,1H3,(H2,14,18). The summed E-state index contributed by atoms with van der Waals surface area (Å²) in [7, 11) is 1.79. The average Bonchev–Trinajstić information content (AvgIpc) is 2.79. The Morgan fingerprint density at radius 2 is 2.33 bits per heavy atom. The van der Waals surface area contributed by atoms with Crippen LogP contribution in [0.3, 0.4) is 0 Å². The number of amides is 1. The van der Waals surface area contributed by atoms with Crippen molar-refractivity contribution in [2.45, 2.75) is 6.54 Å². The van der Waals surface area contributed by atoms with Crippen molar-refractivity contribution in [1.82, 2.24) is 15.1 Å². The van der Waals surface area contributed by atoms with Crippen LogP contribution in [-0.2, 0) is 6.54 Å². The molecule has 1 aromatic carbocycles. The summed E-state index contributed by atoms with van der Waals surface area (Å²) in [5, 5.41) is 6.84. The van der Waals surface area contributed by atoms with Gasteiger partial charge in [-0.05, 0) is 24.7 Å². The molecular weight excluding hydrogens is 235 g/mol. The minimum atomic E-state index is -0.589. The quantitative estimate of drug-likeness (QED) is 0.841. The van der Waals surface area contributed by atoms with E-state index in [2.05, 4.69) is 10.4 Å². The van der Waals surface area contributed by atoms with Crippen molar-refractivity contribution in [2.24, 2.45) is 5.73 Å². The summed E-state index contributed by atoms with van der Waals surface area (Å²) in [5.41, 5.74) is 6.47. The number of nitrogens with zero attached hydrogens (tertiary/aromatic N) is 2. The Bertz CT molecular complexity index is 579. The maximum atomic E-state index is 13.9. The highest BCUT2D eigenvalue weighted by molar-refractivity contribution is 5.92. The lowest BCUT2D eigenvalue weighted by Crippen LogP contribution is -2.09. The van der Waals surface area contributed by atoms with E-state index in [4.69, 9.17) is 5.73 Å². The third-order valence-electron chi connectivity index (χ3n) is 2.51. The highest BCUT2D eigenvalue weighted by Gasteiger charge is 2.09. The van der Waals surface area contributed by atoms with E-state index in [-0.39, 0.29) is 11.3 Å². The van der Waals surface area contributed by atoms with Crippen LogP contribution in [0, 0.1) is 5.82 Å². The Kier molecular flexibility index (Phi) is 3.38. The number of carbonyl (C=O) groups is 1. The maximum absolute atomic E-state index is 13.9. The Labute approximate surface area is 103 Å². The van der Waals surface area contributed by atoms with Crippen LogP contribution in [0.15, 0.2) is 30.6 Å². The second kappa shape index (κ2) is 4.97. The van der Waals surface area contributed by atoms with Gasteiger partial charge in [-0.3, -0.25) is 4.79 Å². The molecule has 1 amide bonds. The first-order valence-electron chi connectivity index (χ1n) is 5.39. The molecule has 0 atom stereocenters. The second-order valence-electron chi connectivity index (χ2n) is 3.85. The first kappa shape index (κ1) is 12.3. The number of aromatic nitrogens is 2. The zero-order valence-electron chi connectivity index (χ0n) is 9.85. The summed E-state index contributed by atoms with van der Waals surface area (Å²) in [6.45, 7) is 0.586. The highest BCUT2D eigenvalue weighted by atomic mass is 19.1. The van der Waals surface area contributed by atoms with Gasteiger partial charge in [0, 0.05) is 12.7 Å². The largest absolute Gasteiger partial charge is 0.366 e. The van der Waals surface area contributed by atoms with Gasteiger partial charge in [0.15, 0.2) is 0 Å². The summed E-state index contributed by atoms with van der Waals surface area (Å²) < 4.78 is 15.2. The number of benzene rings is 1. The molecule has 1 heterocycles. The Hall–Kier alpha value is -2.21. The van der Waals surface area contributed by atoms with Crippen molar-refractivity contribution in [3.8, 4) is 5.69 Å². The van der Waals surface area contributed by atoms with Crippen LogP contribution in [0.4, 0.5) is 4.39 Å². The van der Waals surface area contributed by atoms with E-state index in [0.717, 1.165) is 5.56 Å². The Morgan fingerprint density at radius 1 is 1.56 bits per heavy atom. The number of nitrogens with two attached hydrogens (primary N) is 1. The molecule has 0 spiro atoms. The van der Waals surface area contributed by atoms with E-state index in [9.17, 15) is 9.18 Å². The molecule has 5 nitrogen and oxygen atoms in total. The van der Waals surface area contributed by atoms with E-state index in [1.54, 1.807) is 19.2 Å². The maximum Gasteiger partial charge on any atom is 0.251 e. The first-order chi connectivity index (χ1) is 8.61. The number of hydrogen-bond donors (Lipinski definition) is 2. The molecule has 0 aliphatic carbocycles. The van der Waals surface area contributed by atoms with Crippen LogP contribution in [0.1, 0.15) is 15.9 Å². The lowest BCUT2D eigenvalue weighted by molar-refractivity contribution is 0.100. The van der Waals surface area contributed by atoms with E-state index in [1.807, 2.05) is 0 Å². The molecule has 0 unspecified atom stereocenters. The van der Waals surface area contributed by atoms with E-state index in [0.29, 0.717) is 6.54 Å². The third kappa shape index (κ3) is 2.38. The number of rotatable bonds is 4. The van der Waals surface area contributed by atoms with E-state index < -0.39 is 11.7 Å². The van der Waals surface area contributed by atoms with Crippen molar-refractivity contribution in [3.05, 3.63) is 47.5 Å². The highest BCUT2D eigenvalue weighted by Crippen LogP contribution is 2.15. The Balaban J connectivity index is 2.35. The predicted octanol–water partition coefficient (Wildman–Crippen LogP) is 0.830. The minimum absolute atomic E-state index is 0.244. The molecule has 0 aliphatic rings. The summed E-state index contributed by atoms with van der Waals surface area (Å²) in [5.74, 6) is -0.990. The van der Waals surface area contributed by atoms with Crippen molar-refractivity contribution in [3.63, 3.8) is 0 Å². The summed E-state index contributed by atoms with van der Waals surface area (Å²) >= 11 is 0. The summed E-state index contributed by atoms with van der Waals surface area (Å²) in [6.07, 6.45) is 2.71. The molecular formula is C12H13FN4O. The van der Waals surface area contributed by atoms with Gasteiger partial charge in [0.05, 0.1) is 11.8 Å². The second-order valence-corrected chi connectivity index (χ2v) is 3.85. The lowest BCUT2D eigenvalue weighted by Gasteiger charge is -2.05. The fraction of sp³-hybridized carbons (Fsp3) is 0.167. The molecule has 0 radical (unpaired) electrons. The van der Waals surface area contributed by atoms with Gasteiger partial charge in [-0.2, -0.15) is 5.10 Å². The molecule has 94 valence electrons. The molecule has 0 fully saturated rings. The lowest BCUT2D eigenvalue weighted by atomic mass is 10.2. The number of primary amides is 1. The van der Waals surface area contributed by atoms with Crippen LogP contribution in [-0.4, -0.2) is 22.7 Å². The van der Waals surface area contributed by atoms with Crippen LogP contribution in [0.2, 0.25) is 0 Å². The van der Waals surface area contributed by atoms with Gasteiger partial charge in [-0.15, -0.1) is 0 Å². The van der Waals surface area contributed by atoms with Gasteiger partial charge in [-0.25, -0.2) is 9.07 Å². The SMILES string of the molecule is CNCc1ccc(-n2cc(C(N)=O)cn2)c(F)c1. The predicted molar refractivity (Wildman–Crippen MR) is 64.8 cm³/mol. The van der Waals surface area contributed by atoms with Crippen LogP contribution in [0.5, 0.6) is 0 Å². The number of hydrogen-bond acceptors (Lipinski definition) is 3. The van der Waals surface area contributed by atoms with E-state index in [1.165, 1.54) is 23.1 Å². The molecule has 2 aromatic rings. The number of carbonyl (C=O) groups excluding carboxylic acids is 1. The van der Waals surface area contributed by atoms with Crippen molar-refractivity contribution in [2.75, 3.05) is 7.05 Å². The molecule has 3 N–H and O–H groups in total. The molecule has 6 heteroatoms. The normalized spacial score (nSPS) is 10.6. The molecule has 0 aliphatic heterocycles. The fourth-order valence-electron chi connectivity index (χ4n) is 1.63. The molecule has 18 heavy (non-hydrogen) atoms. The molecule has 1 aromatic heterocycles. The zero-order chi connectivity index (χ0) is 13.1. The van der Waals surface area contributed by atoms with Gasteiger partial charge in [0.2, 0.25) is 0 Å². The monoisotopic (exact) mass is 248 g/mol. The van der Waals surface area contributed by atoms with Crippen LogP contribution < -0.4 is 11.1 Å². The van der Waals surface area contributed by atoms with Gasteiger partial charge in [0.1, 0.15) is 11.5 Å². The summed E-state index contributed by atoms with van der Waals surface area (Å²) in [4.78, 5) is 10.9. The minimum Gasteiger partial charge on any atom is -0.366 e. The van der Waals surface area contributed by atoms with Crippen LogP contribution in [0.25, 0.3) is 5.69 Å². The molecule has 0 saturated heterocycles. The smallest absolute Gasteiger partial charge is 0.251 e. The van der Waals surface area contributed by atoms with E-state index >= 15 is 0 Å². The van der Waals surface area contributed by atoms with Crippen molar-refractivity contribution < 1.29 is 9.18 Å². The van der Waals surface area contributed by atoms with Crippen LogP contribution >= 0.6 is 0 Å². The topological polar surface area (TPSA) is 72.9 Å². The van der Waals surface area contributed by atoms with Crippen molar-refractivity contribution >= 4 is 5.91 Å². The Morgan fingerprint density at radius 3 is 2.89 bits per heavy atom. The molecule has 2 rings (SSSR count). The van der Waals surface area contributed by atoms with Gasteiger partial charge >= 0.3 is 0 Å². The fourth-order valence-corrected chi connectivity index (χ4v) is 1.63. The van der Waals surface area contributed by atoms with Gasteiger partial charge in [-0.1, -0.05) is 6.07 Å². The molecule has 0 saturated carbocycles. The summed E-state index contributed by atoms with van der Waals surface area (Å²) in [6, 6.07) is 4.83. The zero-order valence-corrected chi connectivity index (χ0v) is 9.85. The molecule has 0 bridgehead atoms. The first-order valence-corrected chi connectivity index (χ1v) is 5.39. The van der Waals surface area contributed by atoms with Crippen molar-refractivity contribution in [1.29, 1.82) is 0 Å². The number of nitrogens with one attached hydrogen (secondary N) is 1. The average molecular weight is 248 g/mol.